The molecule has 0 amide bonds. The highest BCUT2D eigenvalue weighted by molar-refractivity contribution is 7.89. The molecule has 2 atom stereocenters. The molecule has 2 heterocycles. The fraction of sp³-hybridized carbons (Fsp3) is 0.368. The van der Waals surface area contributed by atoms with Crippen molar-refractivity contribution in [2.24, 2.45) is 0 Å². The second-order valence-electron chi connectivity index (χ2n) is 7.36. The molecule has 1 aromatic heterocycles. The summed E-state index contributed by atoms with van der Waals surface area (Å²) in [5.74, 6) is -0.267. The van der Waals surface area contributed by atoms with Crippen molar-refractivity contribution in [1.82, 2.24) is 9.29 Å². The van der Waals surface area contributed by atoms with E-state index >= 15 is 0 Å². The average Bonchev–Trinajstić information content (AvgIpc) is 3.10. The average molecular weight is 511 g/mol. The number of rotatable bonds is 5. The lowest BCUT2D eigenvalue weighted by atomic mass is 10.0. The minimum Gasteiger partial charge on any atom is -0.484 e. The highest BCUT2D eigenvalue weighted by atomic mass is 32.2. The number of benzene rings is 1. The number of alkyl halides is 6. The Labute approximate surface area is 188 Å². The van der Waals surface area contributed by atoms with Crippen LogP contribution in [0, 0.1) is 11.3 Å². The van der Waals surface area contributed by atoms with Crippen molar-refractivity contribution in [2.75, 3.05) is 19.7 Å². The Hall–Kier alpha value is -2.93. The Bertz CT molecular complexity index is 1210. The lowest BCUT2D eigenvalue weighted by Crippen LogP contribution is -2.48. The van der Waals surface area contributed by atoms with Gasteiger partial charge in [0.05, 0.1) is 35.4 Å². The fourth-order valence-corrected chi connectivity index (χ4v) is 4.87. The van der Waals surface area contributed by atoms with Gasteiger partial charge in [0.2, 0.25) is 10.0 Å². The Morgan fingerprint density at radius 2 is 1.85 bits per heavy atom. The Morgan fingerprint density at radius 3 is 2.35 bits per heavy atom. The zero-order chi connectivity index (χ0) is 25.5. The number of β-amino-alcohol motifs (C(OH)–C–C–N with tert-alkyl or cyclic N) is 1. The zero-order valence-corrected chi connectivity index (χ0v) is 17.6. The third kappa shape index (κ3) is 4.94. The second kappa shape index (κ2) is 8.69. The molecule has 2 N–H and O–H groups in total. The van der Waals surface area contributed by atoms with Gasteiger partial charge in [0, 0.05) is 6.54 Å². The minimum absolute atomic E-state index is 0.267. The van der Waals surface area contributed by atoms with E-state index in [1.165, 1.54) is 6.07 Å². The van der Waals surface area contributed by atoms with Crippen LogP contribution in [0.5, 0.6) is 5.75 Å². The summed E-state index contributed by atoms with van der Waals surface area (Å²) in [7, 11) is -4.65. The van der Waals surface area contributed by atoms with Crippen molar-refractivity contribution in [2.45, 2.75) is 29.0 Å². The highest BCUT2D eigenvalue weighted by Gasteiger charge is 2.51. The van der Waals surface area contributed by atoms with Gasteiger partial charge >= 0.3 is 12.4 Å². The van der Waals surface area contributed by atoms with Crippen LogP contribution >= 0.6 is 0 Å². The van der Waals surface area contributed by atoms with Crippen LogP contribution in [-0.4, -0.2) is 59.3 Å². The van der Waals surface area contributed by atoms with E-state index in [2.05, 4.69) is 4.98 Å². The topological polar surface area (TPSA) is 124 Å². The molecule has 0 spiro atoms. The van der Waals surface area contributed by atoms with Gasteiger partial charge in [-0.25, -0.2) is 13.4 Å². The molecule has 1 aliphatic heterocycles. The molecule has 15 heteroatoms. The highest BCUT2D eigenvalue weighted by Crippen LogP contribution is 2.35. The van der Waals surface area contributed by atoms with Gasteiger partial charge in [0.25, 0.3) is 0 Å². The summed E-state index contributed by atoms with van der Waals surface area (Å²) in [6.45, 7) is -2.42. The second-order valence-corrected chi connectivity index (χ2v) is 9.27. The quantitative estimate of drug-likeness (QED) is 0.590. The molecule has 34 heavy (non-hydrogen) atoms. The van der Waals surface area contributed by atoms with E-state index in [-0.39, 0.29) is 5.75 Å². The number of pyridine rings is 1. The molecule has 0 bridgehead atoms. The molecule has 1 fully saturated rings. The summed E-state index contributed by atoms with van der Waals surface area (Å²) >= 11 is 0. The molecule has 0 radical (unpaired) electrons. The number of nitrogens with zero attached hydrogens (tertiary/aromatic N) is 3. The van der Waals surface area contributed by atoms with Crippen LogP contribution in [0.3, 0.4) is 0 Å². The zero-order valence-electron chi connectivity index (χ0n) is 16.8. The molecule has 0 unspecified atom stereocenters. The molecule has 1 aromatic carbocycles. The monoisotopic (exact) mass is 511 g/mol. The van der Waals surface area contributed by atoms with E-state index in [0.29, 0.717) is 34.8 Å². The van der Waals surface area contributed by atoms with Gasteiger partial charge in [0.1, 0.15) is 29.2 Å². The van der Waals surface area contributed by atoms with E-state index < -0.39 is 75.5 Å². The predicted molar refractivity (Wildman–Crippen MR) is 101 cm³/mol. The van der Waals surface area contributed by atoms with Crippen molar-refractivity contribution in [3.8, 4) is 11.8 Å². The fourth-order valence-electron chi connectivity index (χ4n) is 3.25. The van der Waals surface area contributed by atoms with Crippen molar-refractivity contribution >= 4 is 10.0 Å². The maximum Gasteiger partial charge on any atom is 0.433 e. The third-order valence-corrected chi connectivity index (χ3v) is 6.91. The first-order valence-corrected chi connectivity index (χ1v) is 10.7. The smallest absolute Gasteiger partial charge is 0.433 e. The SMILES string of the molecule is N#Cc1cc(C(F)(F)F)ccc1S(=O)(=O)N1C[C@H](Oc2ccc(C(F)(F)F)nc2)[C@](O)(CO)C1. The Morgan fingerprint density at radius 1 is 1.18 bits per heavy atom. The van der Waals surface area contributed by atoms with Gasteiger partial charge < -0.3 is 14.9 Å². The largest absolute Gasteiger partial charge is 0.484 e. The maximum atomic E-state index is 13.0. The number of nitriles is 1. The first-order valence-electron chi connectivity index (χ1n) is 9.26. The van der Waals surface area contributed by atoms with Crippen molar-refractivity contribution in [3.63, 3.8) is 0 Å². The molecule has 0 saturated carbocycles. The van der Waals surface area contributed by atoms with Gasteiger partial charge in [-0.3, -0.25) is 0 Å². The summed E-state index contributed by atoms with van der Waals surface area (Å²) in [4.78, 5) is 2.41. The Balaban J connectivity index is 1.90. The lowest BCUT2D eigenvalue weighted by Gasteiger charge is -2.27. The third-order valence-electron chi connectivity index (χ3n) is 5.04. The normalized spacial score (nSPS) is 21.9. The first kappa shape index (κ1) is 25.7. The van der Waals surface area contributed by atoms with Crippen LogP contribution in [0.4, 0.5) is 26.3 Å². The van der Waals surface area contributed by atoms with E-state index in [1.54, 1.807) is 0 Å². The van der Waals surface area contributed by atoms with Crippen LogP contribution in [0.15, 0.2) is 41.4 Å². The lowest BCUT2D eigenvalue weighted by molar-refractivity contribution is -0.141. The number of sulfonamides is 1. The summed E-state index contributed by atoms with van der Waals surface area (Å²) in [6, 6.07) is 4.31. The van der Waals surface area contributed by atoms with Gasteiger partial charge in [0.15, 0.2) is 0 Å². The molecule has 2 aromatic rings. The minimum atomic E-state index is -4.83. The maximum absolute atomic E-state index is 13.0. The van der Waals surface area contributed by atoms with Crippen LogP contribution in [0.1, 0.15) is 16.8 Å². The summed E-state index contributed by atoms with van der Waals surface area (Å²) in [6.07, 6.45) is -10.3. The number of halogens is 6. The van der Waals surface area contributed by atoms with Crippen molar-refractivity contribution in [3.05, 3.63) is 53.3 Å². The predicted octanol–water partition coefficient (Wildman–Crippen LogP) is 2.17. The molecule has 1 saturated heterocycles. The molecular formula is C19H15F6N3O5S. The summed E-state index contributed by atoms with van der Waals surface area (Å²) in [5.41, 5.74) is -5.47. The number of aliphatic hydroxyl groups excluding tert-OH is 1. The number of ether oxygens (including phenoxy) is 1. The number of aromatic nitrogens is 1. The van der Waals surface area contributed by atoms with Crippen molar-refractivity contribution in [1.29, 1.82) is 5.26 Å². The summed E-state index contributed by atoms with van der Waals surface area (Å²) in [5, 5.41) is 29.5. The van der Waals surface area contributed by atoms with Crippen LogP contribution < -0.4 is 4.74 Å². The first-order chi connectivity index (χ1) is 15.6. The van der Waals surface area contributed by atoms with Crippen molar-refractivity contribution < 1.29 is 49.7 Å². The van der Waals surface area contributed by atoms with Gasteiger partial charge in [-0.2, -0.15) is 35.9 Å². The molecule has 0 aliphatic carbocycles. The standard InChI is InChI=1S/C19H15F6N3O5S/c20-18(21,22)12-1-3-14(11(5-12)6-26)34(31,32)28-8-16(17(30,9-28)10-29)33-13-2-4-15(27-7-13)19(23,24)25/h1-5,7,16,29-30H,8-10H2/t16-,17+/m0/s1. The van der Waals surface area contributed by atoms with Crippen LogP contribution in [-0.2, 0) is 22.4 Å². The van der Waals surface area contributed by atoms with Crippen LogP contribution in [0.25, 0.3) is 0 Å². The molecule has 8 nitrogen and oxygen atoms in total. The van der Waals surface area contributed by atoms with Gasteiger partial charge in [-0.1, -0.05) is 0 Å². The number of hydrogen-bond donors (Lipinski definition) is 2. The number of hydrogen-bond acceptors (Lipinski definition) is 7. The number of aliphatic hydroxyl groups is 2. The van der Waals surface area contributed by atoms with E-state index in [0.717, 1.165) is 6.07 Å². The van der Waals surface area contributed by atoms with E-state index in [9.17, 15) is 50.2 Å². The van der Waals surface area contributed by atoms with E-state index in [1.807, 2.05) is 0 Å². The summed E-state index contributed by atoms with van der Waals surface area (Å²) < 4.78 is 109. The molecule has 1 aliphatic rings. The van der Waals surface area contributed by atoms with Gasteiger partial charge in [-0.05, 0) is 30.3 Å². The van der Waals surface area contributed by atoms with Gasteiger partial charge in [-0.15, -0.1) is 0 Å². The molecular weight excluding hydrogens is 496 g/mol. The Kier molecular flexibility index (Phi) is 6.57. The van der Waals surface area contributed by atoms with E-state index in [4.69, 9.17) is 4.74 Å². The molecule has 184 valence electrons. The van der Waals surface area contributed by atoms with Crippen LogP contribution in [0.2, 0.25) is 0 Å². The molecule has 3 rings (SSSR count).